The van der Waals surface area contributed by atoms with Crippen LogP contribution in [0.15, 0.2) is 59.9 Å². The first kappa shape index (κ1) is 19.2. The second-order valence-electron chi connectivity index (χ2n) is 5.84. The van der Waals surface area contributed by atoms with Gasteiger partial charge in [-0.3, -0.25) is 4.57 Å². The molecule has 3 rings (SSSR count). The third-order valence-corrected chi connectivity index (χ3v) is 4.02. The van der Waals surface area contributed by atoms with Crippen molar-refractivity contribution in [2.75, 3.05) is 26.1 Å². The van der Waals surface area contributed by atoms with Gasteiger partial charge in [0.05, 0.1) is 14.2 Å². The van der Waals surface area contributed by atoms with Crippen LogP contribution in [0, 0.1) is 0 Å². The lowest BCUT2D eigenvalue weighted by atomic mass is 10.3. The van der Waals surface area contributed by atoms with Gasteiger partial charge in [0.15, 0.2) is 23.3 Å². The molecule has 0 aliphatic carbocycles. The van der Waals surface area contributed by atoms with Gasteiger partial charge < -0.3 is 20.1 Å². The van der Waals surface area contributed by atoms with E-state index in [0.29, 0.717) is 24.0 Å². The van der Waals surface area contributed by atoms with E-state index < -0.39 is 0 Å². The molecule has 28 heavy (non-hydrogen) atoms. The van der Waals surface area contributed by atoms with Crippen LogP contribution < -0.4 is 20.1 Å². The lowest BCUT2D eigenvalue weighted by molar-refractivity contribution is 0.355. The number of hydrogen-bond acceptors (Lipinski definition) is 5. The van der Waals surface area contributed by atoms with Crippen molar-refractivity contribution < 1.29 is 9.47 Å². The van der Waals surface area contributed by atoms with Crippen molar-refractivity contribution in [3.8, 4) is 17.2 Å². The maximum atomic E-state index is 5.36. The molecule has 1 aromatic heterocycles. The normalized spacial score (nSPS) is 11.2. The molecule has 2 aromatic carbocycles. The number of aliphatic imine (C=N–C) groups is 1. The third kappa shape index (κ3) is 4.59. The van der Waals surface area contributed by atoms with Gasteiger partial charge in [-0.1, -0.05) is 18.2 Å². The number of para-hydroxylation sites is 1. The van der Waals surface area contributed by atoms with Crippen molar-refractivity contribution >= 4 is 11.6 Å². The molecule has 0 bridgehead atoms. The molecule has 0 saturated carbocycles. The van der Waals surface area contributed by atoms with E-state index in [1.807, 2.05) is 60.0 Å². The number of anilines is 1. The standard InChI is InChI=1S/C20H24N6O2/c1-4-21-20(24-15-10-11-17(27-2)18(12-15)28-3)22-13-19-25-23-14-26(19)16-8-6-5-7-9-16/h5-12,14H,4,13H2,1-3H3,(H2,21,22,24). The van der Waals surface area contributed by atoms with Gasteiger partial charge in [-0.05, 0) is 31.2 Å². The number of aromatic nitrogens is 3. The Morgan fingerprint density at radius 3 is 2.57 bits per heavy atom. The van der Waals surface area contributed by atoms with E-state index in [9.17, 15) is 0 Å². The van der Waals surface area contributed by atoms with E-state index >= 15 is 0 Å². The number of nitrogens with one attached hydrogen (secondary N) is 2. The van der Waals surface area contributed by atoms with Gasteiger partial charge >= 0.3 is 0 Å². The smallest absolute Gasteiger partial charge is 0.196 e. The highest BCUT2D eigenvalue weighted by Crippen LogP contribution is 2.29. The first-order chi connectivity index (χ1) is 13.7. The Labute approximate surface area is 164 Å². The van der Waals surface area contributed by atoms with Crippen LogP contribution in [0.25, 0.3) is 5.69 Å². The average molecular weight is 380 g/mol. The van der Waals surface area contributed by atoms with E-state index in [-0.39, 0.29) is 0 Å². The number of hydrogen-bond donors (Lipinski definition) is 2. The minimum atomic E-state index is 0.373. The predicted molar refractivity (Wildman–Crippen MR) is 109 cm³/mol. The molecule has 146 valence electrons. The van der Waals surface area contributed by atoms with Crippen LogP contribution in [0.5, 0.6) is 11.5 Å². The summed E-state index contributed by atoms with van der Waals surface area (Å²) in [5.74, 6) is 2.70. The highest BCUT2D eigenvalue weighted by Gasteiger charge is 2.08. The zero-order chi connectivity index (χ0) is 19.8. The van der Waals surface area contributed by atoms with Crippen molar-refractivity contribution in [3.63, 3.8) is 0 Å². The number of rotatable bonds is 7. The molecular weight excluding hydrogens is 356 g/mol. The Hall–Kier alpha value is -3.55. The summed E-state index contributed by atoms with van der Waals surface area (Å²) in [7, 11) is 3.22. The average Bonchev–Trinajstić information content (AvgIpc) is 3.21. The van der Waals surface area contributed by atoms with Crippen LogP contribution in [-0.2, 0) is 6.54 Å². The van der Waals surface area contributed by atoms with E-state index in [2.05, 4.69) is 25.8 Å². The Bertz CT molecular complexity index is 923. The molecule has 8 heteroatoms. The fourth-order valence-electron chi connectivity index (χ4n) is 2.68. The summed E-state index contributed by atoms with van der Waals surface area (Å²) in [4.78, 5) is 4.63. The predicted octanol–water partition coefficient (Wildman–Crippen LogP) is 2.86. The number of guanidine groups is 1. The van der Waals surface area contributed by atoms with Crippen molar-refractivity contribution in [1.29, 1.82) is 0 Å². The van der Waals surface area contributed by atoms with Crippen LogP contribution >= 0.6 is 0 Å². The molecule has 0 atom stereocenters. The largest absolute Gasteiger partial charge is 0.493 e. The summed E-state index contributed by atoms with van der Waals surface area (Å²) in [5, 5.41) is 14.7. The van der Waals surface area contributed by atoms with Crippen molar-refractivity contribution in [2.45, 2.75) is 13.5 Å². The summed E-state index contributed by atoms with van der Waals surface area (Å²) in [6, 6.07) is 15.5. The minimum Gasteiger partial charge on any atom is -0.493 e. The van der Waals surface area contributed by atoms with E-state index in [4.69, 9.17) is 9.47 Å². The molecule has 0 unspecified atom stereocenters. The zero-order valence-electron chi connectivity index (χ0n) is 16.2. The molecule has 0 amide bonds. The Morgan fingerprint density at radius 2 is 1.86 bits per heavy atom. The maximum Gasteiger partial charge on any atom is 0.196 e. The second-order valence-corrected chi connectivity index (χ2v) is 5.84. The topological polar surface area (TPSA) is 85.6 Å². The Kier molecular flexibility index (Phi) is 6.46. The summed E-state index contributed by atoms with van der Waals surface area (Å²) < 4.78 is 12.6. The van der Waals surface area contributed by atoms with Gasteiger partial charge in [0.2, 0.25) is 0 Å². The van der Waals surface area contributed by atoms with Crippen LogP contribution in [-0.4, -0.2) is 41.5 Å². The van der Waals surface area contributed by atoms with E-state index in [0.717, 1.165) is 23.7 Å². The highest BCUT2D eigenvalue weighted by atomic mass is 16.5. The Balaban J connectivity index is 1.78. The molecule has 0 aliphatic rings. The van der Waals surface area contributed by atoms with Crippen LogP contribution in [0.1, 0.15) is 12.7 Å². The molecule has 1 heterocycles. The second kappa shape index (κ2) is 9.40. The van der Waals surface area contributed by atoms with Gasteiger partial charge in [0.25, 0.3) is 0 Å². The quantitative estimate of drug-likeness (QED) is 0.484. The number of methoxy groups -OCH3 is 2. The summed E-state index contributed by atoms with van der Waals surface area (Å²) in [5.41, 5.74) is 1.83. The van der Waals surface area contributed by atoms with Crippen LogP contribution in [0.3, 0.4) is 0 Å². The SMILES string of the molecule is CCNC(=NCc1nncn1-c1ccccc1)Nc1ccc(OC)c(OC)c1. The fourth-order valence-corrected chi connectivity index (χ4v) is 2.68. The first-order valence-electron chi connectivity index (χ1n) is 8.96. The zero-order valence-corrected chi connectivity index (χ0v) is 16.2. The van der Waals surface area contributed by atoms with Gasteiger partial charge in [-0.2, -0.15) is 0 Å². The van der Waals surface area contributed by atoms with Gasteiger partial charge in [-0.15, -0.1) is 10.2 Å². The monoisotopic (exact) mass is 380 g/mol. The van der Waals surface area contributed by atoms with Gasteiger partial charge in [-0.25, -0.2) is 4.99 Å². The minimum absolute atomic E-state index is 0.373. The molecule has 0 aliphatic heterocycles. The van der Waals surface area contributed by atoms with Crippen molar-refractivity contribution in [1.82, 2.24) is 20.1 Å². The van der Waals surface area contributed by atoms with Crippen LogP contribution in [0.2, 0.25) is 0 Å². The van der Waals surface area contributed by atoms with Crippen LogP contribution in [0.4, 0.5) is 5.69 Å². The first-order valence-corrected chi connectivity index (χ1v) is 8.96. The van der Waals surface area contributed by atoms with Gasteiger partial charge in [0, 0.05) is 24.0 Å². The highest BCUT2D eigenvalue weighted by molar-refractivity contribution is 5.93. The molecule has 0 saturated heterocycles. The number of benzene rings is 2. The molecule has 8 nitrogen and oxygen atoms in total. The lowest BCUT2D eigenvalue weighted by Crippen LogP contribution is -2.30. The number of ether oxygens (including phenoxy) is 2. The lowest BCUT2D eigenvalue weighted by Gasteiger charge is -2.14. The van der Waals surface area contributed by atoms with Crippen molar-refractivity contribution in [2.24, 2.45) is 4.99 Å². The molecule has 3 aromatic rings. The summed E-state index contributed by atoms with van der Waals surface area (Å²) >= 11 is 0. The molecule has 0 radical (unpaired) electrons. The number of nitrogens with zero attached hydrogens (tertiary/aromatic N) is 4. The van der Waals surface area contributed by atoms with E-state index in [1.165, 1.54) is 0 Å². The molecule has 0 fully saturated rings. The fraction of sp³-hybridized carbons (Fsp3) is 0.250. The summed E-state index contributed by atoms with van der Waals surface area (Å²) in [6.45, 7) is 3.11. The molecule has 2 N–H and O–H groups in total. The van der Waals surface area contributed by atoms with E-state index in [1.54, 1.807) is 20.5 Å². The third-order valence-electron chi connectivity index (χ3n) is 4.02. The Morgan fingerprint density at radius 1 is 1.07 bits per heavy atom. The van der Waals surface area contributed by atoms with Crippen molar-refractivity contribution in [3.05, 3.63) is 60.7 Å². The maximum absolute atomic E-state index is 5.36. The summed E-state index contributed by atoms with van der Waals surface area (Å²) in [6.07, 6.45) is 1.69. The molecule has 0 spiro atoms. The van der Waals surface area contributed by atoms with Gasteiger partial charge in [0.1, 0.15) is 12.9 Å². The molecular formula is C20H24N6O2.